The highest BCUT2D eigenvalue weighted by Crippen LogP contribution is 2.47. The van der Waals surface area contributed by atoms with E-state index >= 15 is 0 Å². The Morgan fingerprint density at radius 2 is 2.10 bits per heavy atom. The van der Waals surface area contributed by atoms with Crippen LogP contribution in [-0.2, 0) is 0 Å². The third kappa shape index (κ3) is 2.18. The first kappa shape index (κ1) is 13.3. The topological polar surface area (TPSA) is 24.5 Å². The minimum absolute atomic E-state index is 0.675. The second-order valence-corrected chi connectivity index (χ2v) is 6.71. The molecule has 3 atom stereocenters. The molecular formula is C18H26N2O. The number of piperidine rings is 1. The summed E-state index contributed by atoms with van der Waals surface area (Å²) in [5, 5.41) is 3.64. The van der Waals surface area contributed by atoms with E-state index in [4.69, 9.17) is 4.74 Å². The average Bonchev–Trinajstić information content (AvgIpc) is 2.54. The summed E-state index contributed by atoms with van der Waals surface area (Å²) in [5.41, 5.74) is 2.61. The molecule has 0 amide bonds. The summed E-state index contributed by atoms with van der Waals surface area (Å²) in [5.74, 6) is 1.93. The predicted octanol–water partition coefficient (Wildman–Crippen LogP) is 4.04. The highest BCUT2D eigenvalue weighted by Gasteiger charge is 2.41. The lowest BCUT2D eigenvalue weighted by Gasteiger charge is -2.52. The molecule has 3 heteroatoms. The number of nitrogens with zero attached hydrogens (tertiary/aromatic N) is 1. The second kappa shape index (κ2) is 5.43. The molecule has 3 nitrogen and oxygen atoms in total. The van der Waals surface area contributed by atoms with E-state index < -0.39 is 0 Å². The third-order valence-electron chi connectivity index (χ3n) is 5.59. The number of benzene rings is 1. The quantitative estimate of drug-likeness (QED) is 0.888. The molecule has 1 saturated heterocycles. The molecule has 21 heavy (non-hydrogen) atoms. The van der Waals surface area contributed by atoms with Crippen LogP contribution in [0.2, 0.25) is 0 Å². The maximum Gasteiger partial charge on any atom is 0.144 e. The first-order valence-corrected chi connectivity index (χ1v) is 8.66. The SMILES string of the molecule is CCOc1cccc2c1NCC1CCC3CCCCC3N21. The van der Waals surface area contributed by atoms with Gasteiger partial charge in [0.15, 0.2) is 0 Å². The Morgan fingerprint density at radius 3 is 3.00 bits per heavy atom. The molecule has 4 rings (SSSR count). The molecule has 0 bridgehead atoms. The highest BCUT2D eigenvalue weighted by molar-refractivity contribution is 5.79. The summed E-state index contributed by atoms with van der Waals surface area (Å²) in [6.07, 6.45) is 8.41. The number of hydrogen-bond donors (Lipinski definition) is 1. The van der Waals surface area contributed by atoms with E-state index in [2.05, 4.69) is 35.3 Å². The maximum absolute atomic E-state index is 5.83. The van der Waals surface area contributed by atoms with Crippen LogP contribution in [0, 0.1) is 5.92 Å². The average molecular weight is 286 g/mol. The molecule has 2 fully saturated rings. The van der Waals surface area contributed by atoms with Crippen molar-refractivity contribution in [1.29, 1.82) is 0 Å². The second-order valence-electron chi connectivity index (χ2n) is 6.71. The van der Waals surface area contributed by atoms with Gasteiger partial charge in [-0.15, -0.1) is 0 Å². The molecule has 3 aliphatic rings. The largest absolute Gasteiger partial charge is 0.492 e. The van der Waals surface area contributed by atoms with E-state index in [0.717, 1.165) is 30.9 Å². The van der Waals surface area contributed by atoms with Crippen LogP contribution in [0.3, 0.4) is 0 Å². The van der Waals surface area contributed by atoms with E-state index in [1.54, 1.807) is 0 Å². The molecular weight excluding hydrogens is 260 g/mol. The van der Waals surface area contributed by atoms with Gasteiger partial charge >= 0.3 is 0 Å². The van der Waals surface area contributed by atoms with Crippen LogP contribution in [0.25, 0.3) is 0 Å². The molecule has 0 radical (unpaired) electrons. The van der Waals surface area contributed by atoms with Gasteiger partial charge in [0.05, 0.1) is 12.3 Å². The molecule has 0 spiro atoms. The Balaban J connectivity index is 1.72. The van der Waals surface area contributed by atoms with Crippen molar-refractivity contribution in [3.05, 3.63) is 18.2 Å². The van der Waals surface area contributed by atoms with Crippen LogP contribution in [0.1, 0.15) is 45.4 Å². The van der Waals surface area contributed by atoms with Gasteiger partial charge in [-0.05, 0) is 50.7 Å². The van der Waals surface area contributed by atoms with Gasteiger partial charge in [0.2, 0.25) is 0 Å². The molecule has 1 saturated carbocycles. The number of nitrogens with one attached hydrogen (secondary N) is 1. The smallest absolute Gasteiger partial charge is 0.144 e. The van der Waals surface area contributed by atoms with Gasteiger partial charge in [-0.2, -0.15) is 0 Å². The standard InChI is InChI=1S/C18H26N2O/c1-2-21-17-9-5-8-16-18(17)19-12-14-11-10-13-6-3-4-7-15(13)20(14)16/h5,8-9,13-15,19H,2-4,6-7,10-12H2,1H3. The van der Waals surface area contributed by atoms with Crippen molar-refractivity contribution in [3.63, 3.8) is 0 Å². The van der Waals surface area contributed by atoms with E-state index in [9.17, 15) is 0 Å². The zero-order valence-electron chi connectivity index (χ0n) is 13.0. The van der Waals surface area contributed by atoms with Crippen LogP contribution >= 0.6 is 0 Å². The van der Waals surface area contributed by atoms with Gasteiger partial charge in [-0.25, -0.2) is 0 Å². The molecule has 1 N–H and O–H groups in total. The molecule has 2 aliphatic heterocycles. The number of anilines is 2. The zero-order valence-corrected chi connectivity index (χ0v) is 13.0. The summed E-state index contributed by atoms with van der Waals surface area (Å²) >= 11 is 0. The summed E-state index contributed by atoms with van der Waals surface area (Å²) in [6, 6.07) is 7.97. The molecule has 1 aliphatic carbocycles. The van der Waals surface area contributed by atoms with Crippen molar-refractivity contribution < 1.29 is 4.74 Å². The van der Waals surface area contributed by atoms with Crippen LogP contribution in [0.5, 0.6) is 5.75 Å². The van der Waals surface area contributed by atoms with E-state index in [1.165, 1.54) is 49.9 Å². The van der Waals surface area contributed by atoms with Gasteiger partial charge in [-0.3, -0.25) is 0 Å². The van der Waals surface area contributed by atoms with Gasteiger partial charge in [-0.1, -0.05) is 18.9 Å². The Kier molecular flexibility index (Phi) is 3.44. The lowest BCUT2D eigenvalue weighted by molar-refractivity contribution is 0.215. The van der Waals surface area contributed by atoms with Crippen molar-refractivity contribution >= 4 is 11.4 Å². The normalized spacial score (nSPS) is 30.7. The van der Waals surface area contributed by atoms with Crippen LogP contribution in [-0.4, -0.2) is 25.2 Å². The van der Waals surface area contributed by atoms with Gasteiger partial charge in [0, 0.05) is 18.6 Å². The Hall–Kier alpha value is -1.38. The molecule has 2 heterocycles. The molecule has 1 aromatic carbocycles. The van der Waals surface area contributed by atoms with Crippen molar-refractivity contribution in [3.8, 4) is 5.75 Å². The molecule has 3 unspecified atom stereocenters. The zero-order chi connectivity index (χ0) is 14.2. The minimum Gasteiger partial charge on any atom is -0.492 e. The summed E-state index contributed by atoms with van der Waals surface area (Å²) in [7, 11) is 0. The fourth-order valence-corrected chi connectivity index (χ4v) is 4.69. The van der Waals surface area contributed by atoms with Gasteiger partial charge in [0.1, 0.15) is 11.4 Å². The highest BCUT2D eigenvalue weighted by atomic mass is 16.5. The summed E-state index contributed by atoms with van der Waals surface area (Å²) in [4.78, 5) is 2.75. The Labute approximate surface area is 127 Å². The number of ether oxygens (including phenoxy) is 1. The van der Waals surface area contributed by atoms with E-state index in [1.807, 2.05) is 0 Å². The van der Waals surface area contributed by atoms with Crippen LogP contribution in [0.4, 0.5) is 11.4 Å². The van der Waals surface area contributed by atoms with Gasteiger partial charge in [0.25, 0.3) is 0 Å². The molecule has 1 aromatic rings. The third-order valence-corrected chi connectivity index (χ3v) is 5.59. The lowest BCUT2D eigenvalue weighted by atomic mass is 9.75. The van der Waals surface area contributed by atoms with Crippen molar-refractivity contribution in [2.75, 3.05) is 23.4 Å². The lowest BCUT2D eigenvalue weighted by Crippen LogP contribution is -2.56. The van der Waals surface area contributed by atoms with Crippen LogP contribution < -0.4 is 15.0 Å². The summed E-state index contributed by atoms with van der Waals surface area (Å²) < 4.78 is 5.83. The number of rotatable bonds is 2. The van der Waals surface area contributed by atoms with E-state index in [-0.39, 0.29) is 0 Å². The maximum atomic E-state index is 5.83. The first-order valence-electron chi connectivity index (χ1n) is 8.66. The van der Waals surface area contributed by atoms with Crippen molar-refractivity contribution in [2.45, 2.75) is 57.5 Å². The van der Waals surface area contributed by atoms with Gasteiger partial charge < -0.3 is 15.0 Å². The number of para-hydroxylation sites is 1. The van der Waals surface area contributed by atoms with Crippen molar-refractivity contribution in [1.82, 2.24) is 0 Å². The monoisotopic (exact) mass is 286 g/mol. The Bertz CT molecular complexity index is 516. The fourth-order valence-electron chi connectivity index (χ4n) is 4.69. The number of fused-ring (bicyclic) bond motifs is 5. The van der Waals surface area contributed by atoms with Crippen molar-refractivity contribution in [2.24, 2.45) is 5.92 Å². The fraction of sp³-hybridized carbons (Fsp3) is 0.667. The molecule has 114 valence electrons. The molecule has 0 aromatic heterocycles. The number of hydrogen-bond acceptors (Lipinski definition) is 3. The predicted molar refractivity (Wildman–Crippen MR) is 87.3 cm³/mol. The Morgan fingerprint density at radius 1 is 1.19 bits per heavy atom. The van der Waals surface area contributed by atoms with E-state index in [0.29, 0.717) is 6.04 Å². The minimum atomic E-state index is 0.675. The van der Waals surface area contributed by atoms with Crippen LogP contribution in [0.15, 0.2) is 18.2 Å². The summed E-state index contributed by atoms with van der Waals surface area (Å²) in [6.45, 7) is 3.86. The first-order chi connectivity index (χ1) is 10.4.